The van der Waals surface area contributed by atoms with Gasteiger partial charge in [-0.05, 0) is 49.0 Å². The number of nitrogens with one attached hydrogen (secondary N) is 2. The maximum absolute atomic E-state index is 13.0. The molecule has 1 heterocycles. The fourth-order valence-corrected chi connectivity index (χ4v) is 3.78. The summed E-state index contributed by atoms with van der Waals surface area (Å²) in [5.41, 5.74) is 3.56. The number of methoxy groups -OCH3 is 1. The van der Waals surface area contributed by atoms with E-state index in [1.54, 1.807) is 30.0 Å². The van der Waals surface area contributed by atoms with Crippen molar-refractivity contribution in [3.8, 4) is 5.75 Å². The largest absolute Gasteiger partial charge is 0.497 e. The van der Waals surface area contributed by atoms with Gasteiger partial charge in [-0.2, -0.15) is 0 Å². The van der Waals surface area contributed by atoms with Crippen molar-refractivity contribution >= 4 is 40.7 Å². The first-order chi connectivity index (χ1) is 15.0. The summed E-state index contributed by atoms with van der Waals surface area (Å²) in [6.45, 7) is 1.90. The zero-order valence-electron chi connectivity index (χ0n) is 18.1. The highest BCUT2D eigenvalue weighted by atomic mass is 32.2. The van der Waals surface area contributed by atoms with Crippen LogP contribution in [0.4, 0.5) is 5.69 Å². The predicted octanol–water partition coefficient (Wildman–Crippen LogP) is 3.64. The molecule has 0 spiro atoms. The van der Waals surface area contributed by atoms with E-state index in [4.69, 9.17) is 4.74 Å². The van der Waals surface area contributed by atoms with E-state index < -0.39 is 0 Å². The Bertz CT molecular complexity index is 1040. The third-order valence-electron chi connectivity index (χ3n) is 4.99. The molecule has 0 fully saturated rings. The lowest BCUT2D eigenvalue weighted by atomic mass is 10.2. The average molecular weight is 441 g/mol. The monoisotopic (exact) mass is 440 g/mol. The van der Waals surface area contributed by atoms with Gasteiger partial charge < -0.3 is 29.0 Å². The quantitative estimate of drug-likeness (QED) is 0.350. The molecule has 0 radical (unpaired) electrons. The minimum atomic E-state index is -0.193. The van der Waals surface area contributed by atoms with Crippen molar-refractivity contribution in [2.45, 2.75) is 6.54 Å². The highest BCUT2D eigenvalue weighted by molar-refractivity contribution is 7.99. The lowest BCUT2D eigenvalue weighted by Gasteiger charge is -2.24. The Morgan fingerprint density at radius 2 is 2.03 bits per heavy atom. The molecule has 0 saturated heterocycles. The predicted molar refractivity (Wildman–Crippen MR) is 127 cm³/mol. The van der Waals surface area contributed by atoms with Gasteiger partial charge in [0.25, 0.3) is 5.91 Å². The number of rotatable bonds is 11. The number of carbonyl (C=O) groups is 2. The van der Waals surface area contributed by atoms with Gasteiger partial charge in [-0.25, -0.2) is 0 Å². The Balaban J connectivity index is 1.64. The van der Waals surface area contributed by atoms with E-state index in [-0.39, 0.29) is 12.5 Å². The van der Waals surface area contributed by atoms with E-state index in [1.807, 2.05) is 43.6 Å². The molecule has 2 N–H and O–H groups in total. The topological polar surface area (TPSA) is 77.7 Å². The number of carbonyl (C=O) groups excluding carboxylic acids is 2. The molecular weight excluding hydrogens is 412 g/mol. The Morgan fingerprint density at radius 1 is 1.19 bits per heavy atom. The molecule has 3 aromatic rings. The average Bonchev–Trinajstić information content (AvgIpc) is 3.20. The van der Waals surface area contributed by atoms with Crippen LogP contribution in [0.15, 0.2) is 48.5 Å². The van der Waals surface area contributed by atoms with E-state index in [1.165, 1.54) is 5.56 Å². The summed E-state index contributed by atoms with van der Waals surface area (Å²) in [6, 6.07) is 15.6. The van der Waals surface area contributed by atoms with Crippen molar-refractivity contribution in [1.82, 2.24) is 14.8 Å². The molecule has 0 unspecified atom stereocenters. The van der Waals surface area contributed by atoms with Crippen LogP contribution in [-0.2, 0) is 11.3 Å². The van der Waals surface area contributed by atoms with Gasteiger partial charge in [0.2, 0.25) is 0 Å². The minimum Gasteiger partial charge on any atom is -0.497 e. The van der Waals surface area contributed by atoms with Gasteiger partial charge in [-0.15, -0.1) is 0 Å². The molecule has 0 saturated carbocycles. The normalized spacial score (nSPS) is 11.0. The number of aromatic amines is 1. The van der Waals surface area contributed by atoms with E-state index in [0.717, 1.165) is 35.2 Å². The van der Waals surface area contributed by atoms with E-state index in [9.17, 15) is 9.59 Å². The van der Waals surface area contributed by atoms with E-state index >= 15 is 0 Å². The van der Waals surface area contributed by atoms with Crippen LogP contribution in [0.1, 0.15) is 16.1 Å². The van der Waals surface area contributed by atoms with Gasteiger partial charge in [0.05, 0.1) is 13.7 Å². The Kier molecular flexibility index (Phi) is 7.97. The molecular formula is C23H28N4O3S. The lowest BCUT2D eigenvalue weighted by molar-refractivity contribution is -0.108. The summed E-state index contributed by atoms with van der Waals surface area (Å²) < 4.78 is 8.48. The first-order valence-corrected chi connectivity index (χ1v) is 11.2. The van der Waals surface area contributed by atoms with E-state index in [0.29, 0.717) is 18.8 Å². The summed E-state index contributed by atoms with van der Waals surface area (Å²) in [6.07, 6.45) is 2.75. The summed E-state index contributed by atoms with van der Waals surface area (Å²) in [5.74, 6) is 0.538. The number of likely N-dealkylation sites (N-methyl/N-ethyl adjacent to an activating group) is 1. The Labute approximate surface area is 186 Å². The molecule has 3 rings (SSSR count). The number of ether oxygens (including phenoxy) is 1. The Hall–Kier alpha value is -2.97. The van der Waals surface area contributed by atoms with Crippen molar-refractivity contribution in [2.24, 2.45) is 0 Å². The zero-order chi connectivity index (χ0) is 22.2. The second kappa shape index (κ2) is 10.9. The third kappa shape index (κ3) is 6.02. The molecule has 31 heavy (non-hydrogen) atoms. The molecule has 1 amide bonds. The SMILES string of the molecule is COc1ccc2[nH]c(C(=O)N(CC=O)CCN(C)Cc3cccc(NSC)c3)cc2c1. The lowest BCUT2D eigenvalue weighted by Crippen LogP contribution is -2.38. The number of aromatic nitrogens is 1. The number of benzene rings is 2. The number of hydrogen-bond donors (Lipinski definition) is 2. The summed E-state index contributed by atoms with van der Waals surface area (Å²) >= 11 is 1.56. The van der Waals surface area contributed by atoms with Gasteiger partial charge in [-0.1, -0.05) is 24.1 Å². The number of H-pyrrole nitrogens is 1. The molecule has 1 aromatic heterocycles. The fourth-order valence-electron chi connectivity index (χ4n) is 3.42. The van der Waals surface area contributed by atoms with Crippen LogP contribution in [-0.4, -0.2) is 67.0 Å². The van der Waals surface area contributed by atoms with Crippen LogP contribution < -0.4 is 9.46 Å². The smallest absolute Gasteiger partial charge is 0.270 e. The molecule has 0 aliphatic rings. The Morgan fingerprint density at radius 3 is 2.77 bits per heavy atom. The van der Waals surface area contributed by atoms with Crippen LogP contribution in [0.2, 0.25) is 0 Å². The number of hydrogen-bond acceptors (Lipinski definition) is 6. The second-order valence-electron chi connectivity index (χ2n) is 7.30. The number of anilines is 1. The van der Waals surface area contributed by atoms with Crippen LogP contribution in [0, 0.1) is 0 Å². The number of nitrogens with zero attached hydrogens (tertiary/aromatic N) is 2. The van der Waals surface area contributed by atoms with Crippen LogP contribution in [0.25, 0.3) is 10.9 Å². The first kappa shape index (κ1) is 22.7. The van der Waals surface area contributed by atoms with Gasteiger partial charge >= 0.3 is 0 Å². The summed E-state index contributed by atoms with van der Waals surface area (Å²) in [4.78, 5) is 31.1. The van der Waals surface area contributed by atoms with Crippen LogP contribution in [0.3, 0.4) is 0 Å². The van der Waals surface area contributed by atoms with Crippen molar-refractivity contribution < 1.29 is 14.3 Å². The van der Waals surface area contributed by atoms with Gasteiger partial charge in [0.15, 0.2) is 0 Å². The van der Waals surface area contributed by atoms with Crippen molar-refractivity contribution in [3.63, 3.8) is 0 Å². The highest BCUT2D eigenvalue weighted by Gasteiger charge is 2.18. The van der Waals surface area contributed by atoms with Crippen molar-refractivity contribution in [1.29, 1.82) is 0 Å². The third-order valence-corrected chi connectivity index (χ3v) is 5.43. The molecule has 7 nitrogen and oxygen atoms in total. The van der Waals surface area contributed by atoms with Gasteiger partial charge in [-0.3, -0.25) is 4.79 Å². The van der Waals surface area contributed by atoms with Crippen LogP contribution >= 0.6 is 11.9 Å². The molecule has 2 aromatic carbocycles. The maximum atomic E-state index is 13.0. The number of aldehydes is 1. The zero-order valence-corrected chi connectivity index (χ0v) is 18.9. The molecule has 164 valence electrons. The molecule has 0 bridgehead atoms. The molecule has 8 heteroatoms. The fraction of sp³-hybridized carbons (Fsp3) is 0.304. The molecule has 0 aliphatic carbocycles. The maximum Gasteiger partial charge on any atom is 0.270 e. The number of amides is 1. The molecule has 0 atom stereocenters. The second-order valence-corrected chi connectivity index (χ2v) is 7.91. The summed E-state index contributed by atoms with van der Waals surface area (Å²) in [7, 11) is 3.62. The van der Waals surface area contributed by atoms with Crippen molar-refractivity contribution in [2.75, 3.05) is 44.8 Å². The first-order valence-electron chi connectivity index (χ1n) is 10.00. The highest BCUT2D eigenvalue weighted by Crippen LogP contribution is 2.22. The number of fused-ring (bicyclic) bond motifs is 1. The molecule has 0 aliphatic heterocycles. The van der Waals surface area contributed by atoms with Crippen molar-refractivity contribution in [3.05, 3.63) is 59.8 Å². The van der Waals surface area contributed by atoms with E-state index in [2.05, 4.69) is 26.7 Å². The minimum absolute atomic E-state index is 0.0541. The summed E-state index contributed by atoms with van der Waals surface area (Å²) in [5, 5.41) is 0.893. The standard InChI is InChI=1S/C23H28N4O3S/c1-26(16-17-5-4-6-19(13-17)25-31-3)9-10-27(11-12-28)23(29)22-15-18-14-20(30-2)7-8-21(18)24-22/h4-8,12-15,24-25H,9-11,16H2,1-3H3. The van der Waals surface area contributed by atoms with Crippen LogP contribution in [0.5, 0.6) is 5.75 Å². The van der Waals surface area contributed by atoms with Gasteiger partial charge in [0, 0.05) is 42.5 Å². The van der Waals surface area contributed by atoms with Gasteiger partial charge in [0.1, 0.15) is 17.7 Å².